The minimum absolute atomic E-state index is 0.0963. The van der Waals surface area contributed by atoms with Crippen molar-refractivity contribution in [3.8, 4) is 11.5 Å². The fourth-order valence-electron chi connectivity index (χ4n) is 3.39. The fourth-order valence-corrected chi connectivity index (χ4v) is 3.39. The average Bonchev–Trinajstić information content (AvgIpc) is 3.09. The molecule has 2 bridgehead atoms. The molecule has 1 fully saturated rings. The van der Waals surface area contributed by atoms with Crippen molar-refractivity contribution < 1.29 is 34.3 Å². The van der Waals surface area contributed by atoms with Crippen molar-refractivity contribution in [2.24, 2.45) is 0 Å². The number of hydrogen-bond acceptors (Lipinski definition) is 7. The highest BCUT2D eigenvalue weighted by Gasteiger charge is 2.37. The molecule has 0 saturated carbocycles. The van der Waals surface area contributed by atoms with Crippen molar-refractivity contribution in [1.29, 1.82) is 0 Å². The third-order valence-corrected chi connectivity index (χ3v) is 4.81. The summed E-state index contributed by atoms with van der Waals surface area (Å²) in [4.78, 5) is 12.6. The topological polar surface area (TPSA) is 105 Å². The highest BCUT2D eigenvalue weighted by Crippen LogP contribution is 2.38. The summed E-state index contributed by atoms with van der Waals surface area (Å²) in [6.07, 6.45) is 1.39. The zero-order chi connectivity index (χ0) is 18.8. The average molecular weight is 364 g/mol. The molecular formula is C19H24O7. The van der Waals surface area contributed by atoms with Crippen molar-refractivity contribution in [2.75, 3.05) is 7.11 Å². The van der Waals surface area contributed by atoms with Gasteiger partial charge in [0.25, 0.3) is 0 Å². The van der Waals surface area contributed by atoms with E-state index >= 15 is 0 Å². The Kier molecular flexibility index (Phi) is 5.50. The molecule has 142 valence electrons. The molecule has 0 spiro atoms. The van der Waals surface area contributed by atoms with E-state index < -0.39 is 36.5 Å². The minimum Gasteiger partial charge on any atom is -0.507 e. The molecule has 2 aliphatic heterocycles. The number of hydrogen-bond donors (Lipinski definition) is 3. The number of cyclic esters (lactones) is 1. The number of aliphatic hydroxyl groups is 2. The maximum Gasteiger partial charge on any atom is 0.342 e. The van der Waals surface area contributed by atoms with E-state index in [1.807, 2.05) is 0 Å². The van der Waals surface area contributed by atoms with Gasteiger partial charge in [0, 0.05) is 18.1 Å². The monoisotopic (exact) mass is 364 g/mol. The smallest absolute Gasteiger partial charge is 0.342 e. The summed E-state index contributed by atoms with van der Waals surface area (Å²) >= 11 is 0. The van der Waals surface area contributed by atoms with E-state index in [2.05, 4.69) is 0 Å². The molecule has 26 heavy (non-hydrogen) atoms. The summed E-state index contributed by atoms with van der Waals surface area (Å²) in [5.74, 6) is -0.744. The minimum atomic E-state index is -1.17. The van der Waals surface area contributed by atoms with Gasteiger partial charge >= 0.3 is 5.97 Å². The van der Waals surface area contributed by atoms with Gasteiger partial charge in [0.1, 0.15) is 29.3 Å². The zero-order valence-corrected chi connectivity index (χ0v) is 14.8. The molecule has 2 aliphatic rings. The van der Waals surface area contributed by atoms with E-state index in [0.29, 0.717) is 25.0 Å². The second-order valence-electron chi connectivity index (χ2n) is 6.72. The van der Waals surface area contributed by atoms with Gasteiger partial charge in [-0.1, -0.05) is 12.2 Å². The van der Waals surface area contributed by atoms with Crippen molar-refractivity contribution in [3.05, 3.63) is 35.4 Å². The maximum absolute atomic E-state index is 12.6. The molecule has 5 atom stereocenters. The number of carbonyl (C=O) groups is 1. The van der Waals surface area contributed by atoms with Crippen LogP contribution < -0.4 is 4.74 Å². The molecule has 1 saturated heterocycles. The Labute approximate surface area is 151 Å². The number of methoxy groups -OCH3 is 1. The first-order chi connectivity index (χ1) is 12.4. The van der Waals surface area contributed by atoms with Gasteiger partial charge in [-0.15, -0.1) is 0 Å². The van der Waals surface area contributed by atoms with Gasteiger partial charge in [-0.25, -0.2) is 4.79 Å². The first kappa shape index (κ1) is 18.7. The molecule has 2 heterocycles. The standard InChI is InChI=1S/C19H24O7/c1-10-4-3-5-13(20)15-6-7-16(26-15)18(22)12-8-11(24-2)9-14(21)17(12)19(23)25-10/h3,5,8-10,13,15-16,18,20-22H,4,6-7H2,1-2H3/b5-3-/t10-,13-,15+,16-,18+/m0/s1. The number of esters is 1. The van der Waals surface area contributed by atoms with E-state index in [9.17, 15) is 20.1 Å². The summed E-state index contributed by atoms with van der Waals surface area (Å²) in [6, 6.07) is 2.80. The number of ether oxygens (including phenoxy) is 3. The Bertz CT molecular complexity index is 699. The molecule has 0 amide bonds. The largest absolute Gasteiger partial charge is 0.507 e. The predicted octanol–water partition coefficient (Wildman–Crippen LogP) is 1.85. The summed E-state index contributed by atoms with van der Waals surface area (Å²) in [7, 11) is 1.43. The molecule has 3 rings (SSSR count). The lowest BCUT2D eigenvalue weighted by molar-refractivity contribution is -0.0652. The molecule has 0 aromatic heterocycles. The Balaban J connectivity index is 2.05. The van der Waals surface area contributed by atoms with Gasteiger partial charge in [0.2, 0.25) is 0 Å². The Morgan fingerprint density at radius 3 is 2.65 bits per heavy atom. The van der Waals surface area contributed by atoms with Crippen LogP contribution in [0.15, 0.2) is 24.3 Å². The van der Waals surface area contributed by atoms with E-state index in [4.69, 9.17) is 14.2 Å². The van der Waals surface area contributed by atoms with Crippen LogP contribution in [0.3, 0.4) is 0 Å². The SMILES string of the molecule is COc1cc(O)c2c(c1)[C@@H](O)[C@@H]1CC[C@@H](O1)[C@@H](O)/C=C\C[C@H](C)OC2=O. The van der Waals surface area contributed by atoms with Crippen LogP contribution in [0.25, 0.3) is 0 Å². The van der Waals surface area contributed by atoms with Crippen LogP contribution in [0.2, 0.25) is 0 Å². The maximum atomic E-state index is 12.6. The molecule has 3 N–H and O–H groups in total. The highest BCUT2D eigenvalue weighted by molar-refractivity contribution is 5.94. The van der Waals surface area contributed by atoms with Gasteiger partial charge < -0.3 is 29.5 Å². The number of benzene rings is 1. The lowest BCUT2D eigenvalue weighted by Gasteiger charge is -2.23. The van der Waals surface area contributed by atoms with Crippen molar-refractivity contribution in [3.63, 3.8) is 0 Å². The van der Waals surface area contributed by atoms with Gasteiger partial charge in [-0.2, -0.15) is 0 Å². The van der Waals surface area contributed by atoms with Crippen LogP contribution in [-0.4, -0.2) is 52.8 Å². The lowest BCUT2D eigenvalue weighted by Crippen LogP contribution is -2.27. The van der Waals surface area contributed by atoms with E-state index in [0.717, 1.165) is 0 Å². The first-order valence-corrected chi connectivity index (χ1v) is 8.70. The third kappa shape index (κ3) is 3.70. The lowest BCUT2D eigenvalue weighted by atomic mass is 9.95. The highest BCUT2D eigenvalue weighted by atomic mass is 16.5. The predicted molar refractivity (Wildman–Crippen MR) is 92.2 cm³/mol. The molecule has 0 aliphatic carbocycles. The van der Waals surface area contributed by atoms with Gasteiger partial charge in [-0.05, 0) is 25.8 Å². The molecule has 7 nitrogen and oxygen atoms in total. The van der Waals surface area contributed by atoms with Crippen LogP contribution in [0, 0.1) is 0 Å². The molecular weight excluding hydrogens is 340 g/mol. The quantitative estimate of drug-likeness (QED) is 0.516. The molecule has 1 aromatic rings. The summed E-state index contributed by atoms with van der Waals surface area (Å²) in [5.41, 5.74) is 0.0902. The van der Waals surface area contributed by atoms with E-state index in [1.165, 1.54) is 19.2 Å². The molecule has 0 unspecified atom stereocenters. The van der Waals surface area contributed by atoms with Gasteiger partial charge in [0.15, 0.2) is 0 Å². The number of carbonyl (C=O) groups excluding carboxylic acids is 1. The number of rotatable bonds is 1. The second-order valence-corrected chi connectivity index (χ2v) is 6.72. The Morgan fingerprint density at radius 1 is 1.19 bits per heavy atom. The van der Waals surface area contributed by atoms with Crippen molar-refractivity contribution in [1.82, 2.24) is 0 Å². The van der Waals surface area contributed by atoms with Crippen molar-refractivity contribution >= 4 is 5.97 Å². The number of phenols is 1. The van der Waals surface area contributed by atoms with Gasteiger partial charge in [0.05, 0.1) is 25.4 Å². The van der Waals surface area contributed by atoms with Crippen molar-refractivity contribution in [2.45, 2.75) is 56.7 Å². The van der Waals surface area contributed by atoms with E-state index in [1.54, 1.807) is 19.1 Å². The fraction of sp³-hybridized carbons (Fsp3) is 0.526. The van der Waals surface area contributed by atoms with Crippen LogP contribution in [0.1, 0.15) is 48.2 Å². The van der Waals surface area contributed by atoms with Crippen LogP contribution in [0.5, 0.6) is 11.5 Å². The number of aromatic hydroxyl groups is 1. The Hall–Kier alpha value is -2.09. The summed E-state index contributed by atoms with van der Waals surface area (Å²) in [6.45, 7) is 1.72. The second kappa shape index (κ2) is 7.65. The normalized spacial score (nSPS) is 33.2. The zero-order valence-electron chi connectivity index (χ0n) is 14.8. The Morgan fingerprint density at radius 2 is 1.92 bits per heavy atom. The number of aliphatic hydroxyl groups excluding tert-OH is 2. The summed E-state index contributed by atoms with van der Waals surface area (Å²) in [5, 5.41) is 31.4. The van der Waals surface area contributed by atoms with Gasteiger partial charge in [-0.3, -0.25) is 0 Å². The molecule has 0 radical (unpaired) electrons. The summed E-state index contributed by atoms with van der Waals surface area (Å²) < 4.78 is 16.3. The third-order valence-electron chi connectivity index (χ3n) is 4.81. The first-order valence-electron chi connectivity index (χ1n) is 8.70. The molecule has 7 heteroatoms. The van der Waals surface area contributed by atoms with Crippen LogP contribution in [0.4, 0.5) is 0 Å². The number of fused-ring (bicyclic) bond motifs is 3. The molecule has 1 aromatic carbocycles. The van der Waals surface area contributed by atoms with E-state index in [-0.39, 0.29) is 16.9 Å². The van der Waals surface area contributed by atoms with Crippen LogP contribution >= 0.6 is 0 Å². The van der Waals surface area contributed by atoms with Crippen LogP contribution in [-0.2, 0) is 9.47 Å². The number of phenolic OH excluding ortho intramolecular Hbond substituents is 1.